The van der Waals surface area contributed by atoms with Gasteiger partial charge < -0.3 is 14.8 Å². The van der Waals surface area contributed by atoms with Crippen LogP contribution in [0.4, 0.5) is 5.82 Å². The lowest BCUT2D eigenvalue weighted by atomic mass is 9.95. The summed E-state index contributed by atoms with van der Waals surface area (Å²) in [5, 5.41) is 12.8. The molecule has 1 atom stereocenters. The zero-order valence-electron chi connectivity index (χ0n) is 17.2. The van der Waals surface area contributed by atoms with E-state index in [0.717, 1.165) is 35.5 Å². The zero-order chi connectivity index (χ0) is 20.1. The molecule has 1 unspecified atom stereocenters. The highest BCUT2D eigenvalue weighted by molar-refractivity contribution is 5.92. The summed E-state index contributed by atoms with van der Waals surface area (Å²) in [6, 6.07) is 12.9. The maximum absolute atomic E-state index is 12.8. The number of quaternary nitrogens is 1. The number of nitrogens with one attached hydrogen (secondary N) is 2. The quantitative estimate of drug-likeness (QED) is 0.810. The van der Waals surface area contributed by atoms with Crippen LogP contribution in [0.25, 0.3) is 0 Å². The second kappa shape index (κ2) is 9.07. The van der Waals surface area contributed by atoms with E-state index in [1.165, 1.54) is 24.8 Å². The topological polar surface area (TPSA) is 62.3 Å². The Bertz CT molecular complexity index is 857. The summed E-state index contributed by atoms with van der Waals surface area (Å²) in [6.45, 7) is 5.21. The Labute approximate surface area is 168 Å². The molecule has 3 rings (SSSR count). The number of benzene rings is 1. The van der Waals surface area contributed by atoms with Crippen LogP contribution in [0.3, 0.4) is 0 Å². The van der Waals surface area contributed by atoms with Gasteiger partial charge in [-0.15, -0.1) is 0 Å². The number of amides is 1. The summed E-state index contributed by atoms with van der Waals surface area (Å²) in [5.41, 5.74) is 3.90. The predicted octanol–water partition coefficient (Wildman–Crippen LogP) is 3.14. The third-order valence-corrected chi connectivity index (χ3v) is 5.88. The molecule has 0 saturated heterocycles. The van der Waals surface area contributed by atoms with E-state index < -0.39 is 0 Å². The van der Waals surface area contributed by atoms with E-state index in [-0.39, 0.29) is 5.91 Å². The summed E-state index contributed by atoms with van der Waals surface area (Å²) in [6.07, 6.45) is 5.92. The van der Waals surface area contributed by atoms with Gasteiger partial charge in [0.1, 0.15) is 18.4 Å². The maximum atomic E-state index is 12.8. The average molecular weight is 380 g/mol. The summed E-state index contributed by atoms with van der Waals surface area (Å²) in [7, 11) is 2.02. The Hall–Kier alpha value is -2.58. The van der Waals surface area contributed by atoms with Crippen molar-refractivity contribution in [3.8, 4) is 6.07 Å². The van der Waals surface area contributed by atoms with Crippen LogP contribution in [0.5, 0.6) is 0 Å². The molecule has 5 heteroatoms. The van der Waals surface area contributed by atoms with Gasteiger partial charge in [-0.2, -0.15) is 5.26 Å². The zero-order valence-corrected chi connectivity index (χ0v) is 17.2. The second-order valence-electron chi connectivity index (χ2n) is 8.05. The molecule has 28 heavy (non-hydrogen) atoms. The van der Waals surface area contributed by atoms with Crippen molar-refractivity contribution in [2.24, 2.45) is 0 Å². The summed E-state index contributed by atoms with van der Waals surface area (Å²) < 4.78 is 2.22. The lowest BCUT2D eigenvalue weighted by molar-refractivity contribution is -0.885. The van der Waals surface area contributed by atoms with Crippen molar-refractivity contribution in [3.05, 3.63) is 52.7 Å². The number of hydrogen-bond acceptors (Lipinski definition) is 2. The smallest absolute Gasteiger partial charge is 0.280 e. The molecule has 2 N–H and O–H groups in total. The van der Waals surface area contributed by atoms with E-state index in [1.807, 2.05) is 32.2 Å². The van der Waals surface area contributed by atoms with Crippen molar-refractivity contribution in [2.75, 3.05) is 18.9 Å². The fraction of sp³-hybridized carbons (Fsp3) is 0.478. The largest absolute Gasteiger partial charge is 0.327 e. The van der Waals surface area contributed by atoms with Crippen LogP contribution in [0.1, 0.15) is 60.5 Å². The molecular formula is C23H31N4O+. The van der Waals surface area contributed by atoms with Crippen molar-refractivity contribution < 1.29 is 9.69 Å². The molecule has 2 aromatic rings. The van der Waals surface area contributed by atoms with Gasteiger partial charge in [-0.3, -0.25) is 4.79 Å². The molecule has 1 fully saturated rings. The lowest BCUT2D eigenvalue weighted by Crippen LogP contribution is -3.08. The monoisotopic (exact) mass is 379 g/mol. The Kier molecular flexibility index (Phi) is 6.53. The van der Waals surface area contributed by atoms with Crippen molar-refractivity contribution in [1.29, 1.82) is 5.26 Å². The number of hydrogen-bond donors (Lipinski definition) is 2. The number of nitriles is 1. The highest BCUT2D eigenvalue weighted by atomic mass is 16.2. The molecule has 0 spiro atoms. The van der Waals surface area contributed by atoms with Crippen LogP contribution in [0.15, 0.2) is 30.3 Å². The van der Waals surface area contributed by atoms with Crippen LogP contribution in [0, 0.1) is 25.2 Å². The van der Waals surface area contributed by atoms with Crippen LogP contribution >= 0.6 is 0 Å². The van der Waals surface area contributed by atoms with Crippen molar-refractivity contribution in [1.82, 2.24) is 4.57 Å². The highest BCUT2D eigenvalue weighted by Gasteiger charge is 2.26. The van der Waals surface area contributed by atoms with E-state index >= 15 is 0 Å². The third kappa shape index (κ3) is 4.45. The molecule has 1 aliphatic carbocycles. The normalized spacial score (nSPS) is 15.8. The van der Waals surface area contributed by atoms with Crippen molar-refractivity contribution >= 4 is 11.7 Å². The minimum absolute atomic E-state index is 0.0421. The Balaban J connectivity index is 1.76. The molecule has 1 heterocycles. The SMILES string of the molecule is Cc1c(C#N)c(NC(=O)C[NH+](C)Cc2ccccc2)n(C2CCCCC2)c1C. The molecule has 0 aliphatic heterocycles. The molecule has 0 radical (unpaired) electrons. The van der Waals surface area contributed by atoms with Gasteiger partial charge in [-0.25, -0.2) is 0 Å². The number of rotatable bonds is 6. The van der Waals surface area contributed by atoms with Gasteiger partial charge in [-0.1, -0.05) is 49.6 Å². The van der Waals surface area contributed by atoms with Crippen LogP contribution in [-0.4, -0.2) is 24.1 Å². The Morgan fingerprint density at radius 1 is 1.21 bits per heavy atom. The number of carbonyl (C=O) groups is 1. The summed E-state index contributed by atoms with van der Waals surface area (Å²) in [5.74, 6) is 0.654. The molecule has 1 amide bonds. The third-order valence-electron chi connectivity index (χ3n) is 5.88. The van der Waals surface area contributed by atoms with Gasteiger partial charge in [0.15, 0.2) is 6.54 Å². The number of nitrogens with zero attached hydrogens (tertiary/aromatic N) is 2. The van der Waals surface area contributed by atoms with Crippen LogP contribution in [-0.2, 0) is 11.3 Å². The maximum Gasteiger partial charge on any atom is 0.280 e. The predicted molar refractivity (Wildman–Crippen MR) is 111 cm³/mol. The average Bonchev–Trinajstić information content (AvgIpc) is 2.92. The Morgan fingerprint density at radius 2 is 1.89 bits per heavy atom. The Morgan fingerprint density at radius 3 is 2.54 bits per heavy atom. The van der Waals surface area contributed by atoms with E-state index in [9.17, 15) is 10.1 Å². The van der Waals surface area contributed by atoms with E-state index in [4.69, 9.17) is 0 Å². The number of carbonyl (C=O) groups excluding carboxylic acids is 1. The second-order valence-corrected chi connectivity index (χ2v) is 8.05. The van der Waals surface area contributed by atoms with Gasteiger partial charge in [0, 0.05) is 17.3 Å². The van der Waals surface area contributed by atoms with Crippen molar-refractivity contribution in [3.63, 3.8) is 0 Å². The molecule has 1 saturated carbocycles. The van der Waals surface area contributed by atoms with Gasteiger partial charge in [0.05, 0.1) is 12.6 Å². The molecule has 5 nitrogen and oxygen atoms in total. The van der Waals surface area contributed by atoms with Crippen LogP contribution < -0.4 is 10.2 Å². The molecule has 1 aromatic carbocycles. The number of aromatic nitrogens is 1. The van der Waals surface area contributed by atoms with Gasteiger partial charge >= 0.3 is 0 Å². The first-order valence-corrected chi connectivity index (χ1v) is 10.3. The molecular weight excluding hydrogens is 348 g/mol. The fourth-order valence-electron chi connectivity index (χ4n) is 4.34. The van der Waals surface area contributed by atoms with E-state index in [2.05, 4.69) is 35.0 Å². The van der Waals surface area contributed by atoms with E-state index in [1.54, 1.807) is 0 Å². The number of anilines is 1. The minimum Gasteiger partial charge on any atom is -0.327 e. The van der Waals surface area contributed by atoms with Gasteiger partial charge in [0.25, 0.3) is 5.91 Å². The van der Waals surface area contributed by atoms with E-state index in [0.29, 0.717) is 24.0 Å². The minimum atomic E-state index is -0.0421. The summed E-state index contributed by atoms with van der Waals surface area (Å²) in [4.78, 5) is 13.9. The highest BCUT2D eigenvalue weighted by Crippen LogP contribution is 2.36. The summed E-state index contributed by atoms with van der Waals surface area (Å²) >= 11 is 0. The van der Waals surface area contributed by atoms with Gasteiger partial charge in [0.2, 0.25) is 0 Å². The molecule has 148 valence electrons. The molecule has 1 aliphatic rings. The van der Waals surface area contributed by atoms with Crippen LogP contribution in [0.2, 0.25) is 0 Å². The molecule has 0 bridgehead atoms. The van der Waals surface area contributed by atoms with Crippen molar-refractivity contribution in [2.45, 2.75) is 58.5 Å². The van der Waals surface area contributed by atoms with Gasteiger partial charge in [-0.05, 0) is 32.3 Å². The first-order chi connectivity index (χ1) is 13.5. The fourth-order valence-corrected chi connectivity index (χ4v) is 4.34. The molecule has 1 aromatic heterocycles. The number of likely N-dealkylation sites (N-methyl/N-ethyl adjacent to an activating group) is 1. The first-order valence-electron chi connectivity index (χ1n) is 10.3. The standard InChI is InChI=1S/C23H30N4O/c1-17-18(2)27(20-12-8-5-9-13-20)23(21(17)14-24)25-22(28)16-26(3)15-19-10-6-4-7-11-19/h4,6-7,10-11,20H,5,8-9,12-13,15-16H2,1-3H3,(H,25,28)/p+1. The lowest BCUT2D eigenvalue weighted by Gasteiger charge is -2.27. The first kappa shape index (κ1) is 20.2.